The van der Waals surface area contributed by atoms with Gasteiger partial charge in [0.15, 0.2) is 11.5 Å². The Hall–Kier alpha value is -4.06. The van der Waals surface area contributed by atoms with E-state index in [2.05, 4.69) is 5.32 Å². The van der Waals surface area contributed by atoms with E-state index in [1.807, 2.05) is 67.6 Å². The molecule has 0 aliphatic carbocycles. The second-order valence-corrected chi connectivity index (χ2v) is 7.55. The average Bonchev–Trinajstić information content (AvgIpc) is 3.06. The lowest BCUT2D eigenvalue weighted by atomic mass is 10.1. The van der Waals surface area contributed by atoms with E-state index >= 15 is 0 Å². The van der Waals surface area contributed by atoms with Crippen LogP contribution in [0.2, 0.25) is 0 Å². The number of nitrogens with one attached hydrogen (secondary N) is 1. The summed E-state index contributed by atoms with van der Waals surface area (Å²) in [7, 11) is 1.58. The Morgan fingerprint density at radius 3 is 2.44 bits per heavy atom. The van der Waals surface area contributed by atoms with Crippen LogP contribution in [0, 0.1) is 6.92 Å². The third kappa shape index (κ3) is 4.81. The van der Waals surface area contributed by atoms with Crippen molar-refractivity contribution in [1.82, 2.24) is 10.2 Å². The molecule has 1 fully saturated rings. The van der Waals surface area contributed by atoms with Crippen LogP contribution in [0.15, 0.2) is 78.5 Å². The van der Waals surface area contributed by atoms with Crippen molar-refractivity contribution in [2.24, 2.45) is 0 Å². The van der Waals surface area contributed by atoms with Crippen molar-refractivity contribution < 1.29 is 19.1 Å². The maximum Gasteiger partial charge on any atom is 0.329 e. The molecule has 1 heterocycles. The molecule has 1 N–H and O–H groups in total. The number of urea groups is 1. The molecule has 0 unspecified atom stereocenters. The quantitative estimate of drug-likeness (QED) is 0.438. The predicted molar refractivity (Wildman–Crippen MR) is 122 cm³/mol. The van der Waals surface area contributed by atoms with Gasteiger partial charge in [0.2, 0.25) is 0 Å². The molecule has 3 aromatic rings. The van der Waals surface area contributed by atoms with Crippen molar-refractivity contribution in [1.29, 1.82) is 0 Å². The van der Waals surface area contributed by atoms with Crippen molar-refractivity contribution in [3.05, 3.63) is 101 Å². The summed E-state index contributed by atoms with van der Waals surface area (Å²) in [6.45, 7) is 2.58. The van der Waals surface area contributed by atoms with Gasteiger partial charge in [0.05, 0.1) is 13.7 Å². The first-order valence-electron chi connectivity index (χ1n) is 10.3. The molecule has 6 nitrogen and oxygen atoms in total. The third-order valence-electron chi connectivity index (χ3n) is 5.12. The Morgan fingerprint density at radius 1 is 0.906 bits per heavy atom. The highest BCUT2D eigenvalue weighted by molar-refractivity contribution is 6.13. The first kappa shape index (κ1) is 21.2. The van der Waals surface area contributed by atoms with Gasteiger partial charge >= 0.3 is 6.03 Å². The number of carbonyl (C=O) groups excluding carboxylic acids is 2. The van der Waals surface area contributed by atoms with Crippen LogP contribution < -0.4 is 14.8 Å². The van der Waals surface area contributed by atoms with Crippen molar-refractivity contribution in [2.75, 3.05) is 7.11 Å². The number of benzene rings is 3. The van der Waals surface area contributed by atoms with Crippen LogP contribution in [0.3, 0.4) is 0 Å². The van der Waals surface area contributed by atoms with Gasteiger partial charge in [0.25, 0.3) is 5.91 Å². The summed E-state index contributed by atoms with van der Waals surface area (Å²) in [6.07, 6.45) is 1.64. The molecule has 1 aliphatic heterocycles. The largest absolute Gasteiger partial charge is 0.493 e. The number of hydrogen-bond acceptors (Lipinski definition) is 4. The molecule has 0 atom stereocenters. The van der Waals surface area contributed by atoms with Crippen LogP contribution in [0.25, 0.3) is 6.08 Å². The van der Waals surface area contributed by atoms with Gasteiger partial charge in [-0.05, 0) is 41.8 Å². The summed E-state index contributed by atoms with van der Waals surface area (Å²) in [5.41, 5.74) is 3.95. The molecule has 4 rings (SSSR count). The minimum Gasteiger partial charge on any atom is -0.493 e. The number of methoxy groups -OCH3 is 1. The lowest BCUT2D eigenvalue weighted by Crippen LogP contribution is -2.30. The summed E-state index contributed by atoms with van der Waals surface area (Å²) in [5, 5.41) is 2.67. The molecule has 0 radical (unpaired) electrons. The van der Waals surface area contributed by atoms with E-state index in [4.69, 9.17) is 9.47 Å². The zero-order valence-electron chi connectivity index (χ0n) is 18.0. The summed E-state index contributed by atoms with van der Waals surface area (Å²) >= 11 is 0. The number of ether oxygens (including phenoxy) is 2. The van der Waals surface area contributed by atoms with E-state index in [1.165, 1.54) is 4.90 Å². The summed E-state index contributed by atoms with van der Waals surface area (Å²) < 4.78 is 11.3. The van der Waals surface area contributed by atoms with E-state index in [0.717, 1.165) is 22.3 Å². The van der Waals surface area contributed by atoms with Gasteiger partial charge in [-0.1, -0.05) is 66.2 Å². The van der Waals surface area contributed by atoms with Crippen LogP contribution in [-0.4, -0.2) is 23.9 Å². The lowest BCUT2D eigenvalue weighted by molar-refractivity contribution is -0.123. The SMILES string of the molecule is COc1ccc(/C=C2/NC(=O)N(Cc3cccc(C)c3)C2=O)cc1OCc1ccccc1. The van der Waals surface area contributed by atoms with Crippen molar-refractivity contribution in [3.8, 4) is 11.5 Å². The second-order valence-electron chi connectivity index (χ2n) is 7.55. The van der Waals surface area contributed by atoms with Crippen LogP contribution >= 0.6 is 0 Å². The molecule has 0 saturated carbocycles. The molecule has 1 saturated heterocycles. The Labute approximate surface area is 187 Å². The number of amides is 3. The van der Waals surface area contributed by atoms with Crippen LogP contribution in [0.4, 0.5) is 4.79 Å². The van der Waals surface area contributed by atoms with Gasteiger partial charge in [-0.2, -0.15) is 0 Å². The second kappa shape index (κ2) is 9.39. The van der Waals surface area contributed by atoms with Gasteiger partial charge < -0.3 is 14.8 Å². The highest BCUT2D eigenvalue weighted by Gasteiger charge is 2.33. The highest BCUT2D eigenvalue weighted by atomic mass is 16.5. The molecule has 32 heavy (non-hydrogen) atoms. The standard InChI is InChI=1S/C26H24N2O4/c1-18-7-6-10-21(13-18)16-28-25(29)22(27-26(28)30)14-20-11-12-23(31-2)24(15-20)32-17-19-8-4-3-5-9-19/h3-15H,16-17H2,1-2H3,(H,27,30)/b22-14+. The van der Waals surface area contributed by atoms with Gasteiger partial charge in [0.1, 0.15) is 12.3 Å². The Morgan fingerprint density at radius 2 is 1.69 bits per heavy atom. The predicted octanol–water partition coefficient (Wildman–Crippen LogP) is 4.68. The van der Waals surface area contributed by atoms with Crippen LogP contribution in [-0.2, 0) is 17.9 Å². The molecule has 0 bridgehead atoms. The number of hydrogen-bond donors (Lipinski definition) is 1. The zero-order chi connectivity index (χ0) is 22.5. The van der Waals surface area contributed by atoms with Gasteiger partial charge in [0, 0.05) is 0 Å². The minimum absolute atomic E-state index is 0.220. The summed E-state index contributed by atoms with van der Waals surface area (Å²) in [4.78, 5) is 26.5. The molecule has 3 amide bonds. The van der Waals surface area contributed by atoms with Crippen LogP contribution in [0.1, 0.15) is 22.3 Å². The third-order valence-corrected chi connectivity index (χ3v) is 5.12. The number of carbonyl (C=O) groups is 2. The van der Waals surface area contributed by atoms with Gasteiger partial charge in [-0.3, -0.25) is 9.69 Å². The Balaban J connectivity index is 1.52. The van der Waals surface area contributed by atoms with E-state index in [0.29, 0.717) is 18.1 Å². The Bertz CT molecular complexity index is 1170. The molecular formula is C26H24N2O4. The number of nitrogens with zero attached hydrogens (tertiary/aromatic N) is 1. The van der Waals surface area contributed by atoms with E-state index in [1.54, 1.807) is 25.3 Å². The van der Waals surface area contributed by atoms with Gasteiger partial charge in [-0.15, -0.1) is 0 Å². The lowest BCUT2D eigenvalue weighted by Gasteiger charge is -2.12. The van der Waals surface area contributed by atoms with Crippen molar-refractivity contribution >= 4 is 18.0 Å². The first-order chi connectivity index (χ1) is 15.5. The summed E-state index contributed by atoms with van der Waals surface area (Å²) in [6, 6.07) is 22.5. The fourth-order valence-electron chi connectivity index (χ4n) is 3.51. The number of imide groups is 1. The molecule has 6 heteroatoms. The number of aryl methyl sites for hydroxylation is 1. The topological polar surface area (TPSA) is 67.9 Å². The molecule has 3 aromatic carbocycles. The zero-order valence-corrected chi connectivity index (χ0v) is 18.0. The van der Waals surface area contributed by atoms with E-state index in [9.17, 15) is 9.59 Å². The van der Waals surface area contributed by atoms with Crippen LogP contribution in [0.5, 0.6) is 11.5 Å². The average molecular weight is 428 g/mol. The van der Waals surface area contributed by atoms with Crippen molar-refractivity contribution in [3.63, 3.8) is 0 Å². The van der Waals surface area contributed by atoms with Crippen molar-refractivity contribution in [2.45, 2.75) is 20.1 Å². The molecule has 162 valence electrons. The minimum atomic E-state index is -0.434. The monoisotopic (exact) mass is 428 g/mol. The van der Waals surface area contributed by atoms with E-state index in [-0.39, 0.29) is 18.1 Å². The Kier molecular flexibility index (Phi) is 6.22. The van der Waals surface area contributed by atoms with Gasteiger partial charge in [-0.25, -0.2) is 4.79 Å². The van der Waals surface area contributed by atoms with E-state index < -0.39 is 6.03 Å². The first-order valence-corrected chi connectivity index (χ1v) is 10.3. The molecule has 1 aliphatic rings. The fourth-order valence-corrected chi connectivity index (χ4v) is 3.51. The fraction of sp³-hybridized carbons (Fsp3) is 0.154. The summed E-state index contributed by atoms with van der Waals surface area (Å²) in [5.74, 6) is 0.782. The smallest absolute Gasteiger partial charge is 0.329 e. The molecule has 0 aromatic heterocycles. The normalized spacial score (nSPS) is 14.6. The number of rotatable bonds is 7. The molecular weight excluding hydrogens is 404 g/mol. The maximum absolute atomic E-state index is 12.8. The molecule has 0 spiro atoms. The maximum atomic E-state index is 12.8. The highest BCUT2D eigenvalue weighted by Crippen LogP contribution is 2.30.